The number of hydrogen-bond donors (Lipinski definition) is 2. The second kappa shape index (κ2) is 6.06. The molecule has 5 heteroatoms. The number of hydrazine groups is 1. The number of carbonyl (C=O) groups is 2. The molecular formula is C16H19ClN2O2. The number of nitrogens with one attached hydrogen (secondary N) is 2. The Morgan fingerprint density at radius 2 is 1.86 bits per heavy atom. The summed E-state index contributed by atoms with van der Waals surface area (Å²) in [5.74, 6) is 1.61. The summed E-state index contributed by atoms with van der Waals surface area (Å²) in [5, 5.41) is 0.576. The predicted octanol–water partition coefficient (Wildman–Crippen LogP) is 2.93. The fourth-order valence-electron chi connectivity index (χ4n) is 3.72. The third-order valence-electron chi connectivity index (χ3n) is 4.75. The summed E-state index contributed by atoms with van der Waals surface area (Å²) in [6.07, 6.45) is 5.57. The molecule has 3 rings (SSSR count). The van der Waals surface area contributed by atoms with Crippen LogP contribution < -0.4 is 10.9 Å². The molecule has 2 fully saturated rings. The first-order valence-electron chi connectivity index (χ1n) is 7.46. The van der Waals surface area contributed by atoms with Crippen LogP contribution in [-0.4, -0.2) is 11.8 Å². The quantitative estimate of drug-likeness (QED) is 0.844. The van der Waals surface area contributed by atoms with Gasteiger partial charge in [-0.15, -0.1) is 0 Å². The van der Waals surface area contributed by atoms with Crippen LogP contribution in [0.25, 0.3) is 0 Å². The lowest BCUT2D eigenvalue weighted by atomic mass is 9.86. The van der Waals surface area contributed by atoms with E-state index in [1.165, 1.54) is 25.7 Å². The van der Waals surface area contributed by atoms with Crippen molar-refractivity contribution in [2.45, 2.75) is 32.1 Å². The van der Waals surface area contributed by atoms with Crippen molar-refractivity contribution in [1.29, 1.82) is 0 Å². The standard InChI is InChI=1S/C16H19ClN2O2/c17-14-5-3-11(4-6-14)16(21)19-18-15(20)9-13-8-10-1-2-12(13)7-10/h3-6,10,12-13H,1-2,7-9H2,(H,18,20)(H,19,21)/t10-,12-,13+/m1/s1. The Bertz CT molecular complexity index is 544. The SMILES string of the molecule is O=C(C[C@@H]1C[C@@H]2CC[C@@H]1C2)NNC(=O)c1ccc(Cl)cc1. The first-order chi connectivity index (χ1) is 10.1. The van der Waals surface area contributed by atoms with Crippen LogP contribution in [0.15, 0.2) is 24.3 Å². The molecule has 2 aliphatic carbocycles. The normalized spacial score (nSPS) is 26.6. The van der Waals surface area contributed by atoms with Gasteiger partial charge in [0, 0.05) is 17.0 Å². The van der Waals surface area contributed by atoms with Crippen molar-refractivity contribution in [2.24, 2.45) is 17.8 Å². The molecule has 0 unspecified atom stereocenters. The van der Waals surface area contributed by atoms with Gasteiger partial charge >= 0.3 is 0 Å². The highest BCUT2D eigenvalue weighted by Crippen LogP contribution is 2.49. The van der Waals surface area contributed by atoms with Gasteiger partial charge in [-0.25, -0.2) is 0 Å². The molecule has 0 aromatic heterocycles. The summed E-state index contributed by atoms with van der Waals surface area (Å²) in [7, 11) is 0. The monoisotopic (exact) mass is 306 g/mol. The Kier molecular flexibility index (Phi) is 4.15. The maximum absolute atomic E-state index is 11.9. The summed E-state index contributed by atoms with van der Waals surface area (Å²) in [6.45, 7) is 0. The van der Waals surface area contributed by atoms with Crippen LogP contribution in [0.2, 0.25) is 5.02 Å². The maximum atomic E-state index is 11.9. The van der Waals surface area contributed by atoms with Crippen molar-refractivity contribution in [3.8, 4) is 0 Å². The number of amides is 2. The van der Waals surface area contributed by atoms with Gasteiger partial charge in [0.1, 0.15) is 0 Å². The van der Waals surface area contributed by atoms with E-state index in [1.807, 2.05) is 0 Å². The minimum atomic E-state index is -0.326. The molecule has 0 heterocycles. The molecule has 3 atom stereocenters. The fraction of sp³-hybridized carbons (Fsp3) is 0.500. The van der Waals surface area contributed by atoms with Gasteiger partial charge in [0.25, 0.3) is 5.91 Å². The number of benzene rings is 1. The highest BCUT2D eigenvalue weighted by molar-refractivity contribution is 6.30. The van der Waals surface area contributed by atoms with E-state index in [-0.39, 0.29) is 11.8 Å². The second-order valence-electron chi connectivity index (χ2n) is 6.15. The molecule has 4 nitrogen and oxygen atoms in total. The molecule has 2 amide bonds. The predicted molar refractivity (Wildman–Crippen MR) is 80.6 cm³/mol. The lowest BCUT2D eigenvalue weighted by molar-refractivity contribution is -0.123. The molecule has 1 aromatic carbocycles. The number of hydrogen-bond acceptors (Lipinski definition) is 2. The minimum Gasteiger partial charge on any atom is -0.273 e. The number of fused-ring (bicyclic) bond motifs is 2. The molecule has 1 aromatic rings. The number of carbonyl (C=O) groups excluding carboxylic acids is 2. The summed E-state index contributed by atoms with van der Waals surface area (Å²) < 4.78 is 0. The van der Waals surface area contributed by atoms with Gasteiger partial charge in [0.05, 0.1) is 0 Å². The average molecular weight is 307 g/mol. The fourth-order valence-corrected chi connectivity index (χ4v) is 3.84. The molecule has 21 heavy (non-hydrogen) atoms. The topological polar surface area (TPSA) is 58.2 Å². The Hall–Kier alpha value is -1.55. The first kappa shape index (κ1) is 14.4. The van der Waals surface area contributed by atoms with Crippen LogP contribution >= 0.6 is 11.6 Å². The molecule has 0 spiro atoms. The zero-order valence-electron chi connectivity index (χ0n) is 11.8. The molecular weight excluding hydrogens is 288 g/mol. The lowest BCUT2D eigenvalue weighted by Crippen LogP contribution is -2.42. The third-order valence-corrected chi connectivity index (χ3v) is 5.01. The van der Waals surface area contributed by atoms with E-state index in [0.29, 0.717) is 28.8 Å². The van der Waals surface area contributed by atoms with Crippen LogP contribution in [0.3, 0.4) is 0 Å². The van der Waals surface area contributed by atoms with E-state index in [0.717, 1.165) is 5.92 Å². The highest BCUT2D eigenvalue weighted by Gasteiger charge is 2.40. The summed E-state index contributed by atoms with van der Waals surface area (Å²) in [5.41, 5.74) is 5.44. The van der Waals surface area contributed by atoms with Crippen LogP contribution in [-0.2, 0) is 4.79 Å². The lowest BCUT2D eigenvalue weighted by Gasteiger charge is -2.20. The number of halogens is 1. The minimum absolute atomic E-state index is 0.102. The van der Waals surface area contributed by atoms with Gasteiger partial charge in [0.2, 0.25) is 5.91 Å². The molecule has 0 radical (unpaired) electrons. The van der Waals surface area contributed by atoms with Crippen molar-refractivity contribution in [1.82, 2.24) is 10.9 Å². The first-order valence-corrected chi connectivity index (χ1v) is 7.84. The van der Waals surface area contributed by atoms with E-state index in [1.54, 1.807) is 24.3 Å². The Morgan fingerprint density at radius 1 is 1.10 bits per heavy atom. The van der Waals surface area contributed by atoms with Gasteiger partial charge in [-0.05, 0) is 61.3 Å². The number of rotatable bonds is 3. The Labute approximate surface area is 129 Å². The van der Waals surface area contributed by atoms with E-state index < -0.39 is 0 Å². The molecule has 2 aliphatic rings. The van der Waals surface area contributed by atoms with Gasteiger partial charge in [0.15, 0.2) is 0 Å². The van der Waals surface area contributed by atoms with E-state index in [9.17, 15) is 9.59 Å². The zero-order chi connectivity index (χ0) is 14.8. The summed E-state index contributed by atoms with van der Waals surface area (Å²) >= 11 is 5.77. The van der Waals surface area contributed by atoms with E-state index in [2.05, 4.69) is 10.9 Å². The Balaban J connectivity index is 1.45. The van der Waals surface area contributed by atoms with Crippen molar-refractivity contribution in [3.63, 3.8) is 0 Å². The van der Waals surface area contributed by atoms with Crippen LogP contribution in [0, 0.1) is 17.8 Å². The van der Waals surface area contributed by atoms with Gasteiger partial charge in [-0.1, -0.05) is 18.0 Å². The average Bonchev–Trinajstić information content (AvgIpc) is 3.08. The van der Waals surface area contributed by atoms with Crippen molar-refractivity contribution < 1.29 is 9.59 Å². The smallest absolute Gasteiger partial charge is 0.269 e. The molecule has 2 N–H and O–H groups in total. The highest BCUT2D eigenvalue weighted by atomic mass is 35.5. The maximum Gasteiger partial charge on any atom is 0.269 e. The van der Waals surface area contributed by atoms with Crippen LogP contribution in [0.4, 0.5) is 0 Å². The van der Waals surface area contributed by atoms with Crippen molar-refractivity contribution in [3.05, 3.63) is 34.9 Å². The molecule has 2 bridgehead atoms. The van der Waals surface area contributed by atoms with Crippen molar-refractivity contribution >= 4 is 23.4 Å². The molecule has 0 aliphatic heterocycles. The molecule has 2 saturated carbocycles. The molecule has 0 saturated heterocycles. The zero-order valence-corrected chi connectivity index (χ0v) is 12.5. The van der Waals surface area contributed by atoms with Gasteiger partial charge in [-0.3, -0.25) is 20.4 Å². The van der Waals surface area contributed by atoms with Crippen LogP contribution in [0.1, 0.15) is 42.5 Å². The van der Waals surface area contributed by atoms with Gasteiger partial charge in [-0.2, -0.15) is 0 Å². The summed E-state index contributed by atoms with van der Waals surface area (Å²) in [6, 6.07) is 6.54. The summed E-state index contributed by atoms with van der Waals surface area (Å²) in [4.78, 5) is 23.8. The van der Waals surface area contributed by atoms with E-state index >= 15 is 0 Å². The van der Waals surface area contributed by atoms with E-state index in [4.69, 9.17) is 11.6 Å². The van der Waals surface area contributed by atoms with Crippen molar-refractivity contribution in [2.75, 3.05) is 0 Å². The van der Waals surface area contributed by atoms with Crippen LogP contribution in [0.5, 0.6) is 0 Å². The van der Waals surface area contributed by atoms with Gasteiger partial charge < -0.3 is 0 Å². The third kappa shape index (κ3) is 3.38. The largest absolute Gasteiger partial charge is 0.273 e. The Morgan fingerprint density at radius 3 is 2.48 bits per heavy atom. The molecule has 112 valence electrons. The second-order valence-corrected chi connectivity index (χ2v) is 6.58.